The van der Waals surface area contributed by atoms with Gasteiger partial charge in [-0.3, -0.25) is 0 Å². The molecule has 0 aliphatic heterocycles. The fraction of sp³-hybridized carbons (Fsp3) is 0.179. The smallest absolute Gasteiger partial charge is 0.429 e. The average Bonchev–Trinajstić information content (AvgIpc) is 3.03. The van der Waals surface area contributed by atoms with Gasteiger partial charge in [0, 0.05) is 34.9 Å². The summed E-state index contributed by atoms with van der Waals surface area (Å²) in [6.07, 6.45) is -6.05. The Kier molecular flexibility index (Phi) is 10.9. The van der Waals surface area contributed by atoms with E-state index in [2.05, 4.69) is 11.7 Å². The molecule has 0 amide bonds. The molecule has 266 valence electrons. The van der Waals surface area contributed by atoms with Gasteiger partial charge in [0.1, 0.15) is 46.2 Å². The first-order chi connectivity index (χ1) is 24.1. The molecule has 0 aliphatic rings. The topological polar surface area (TPSA) is 9.23 Å². The lowest BCUT2D eigenvalue weighted by Gasteiger charge is -2.20. The van der Waals surface area contributed by atoms with Crippen LogP contribution in [0.3, 0.4) is 0 Å². The van der Waals surface area contributed by atoms with Gasteiger partial charge in [-0.05, 0) is 71.0 Å². The zero-order chi connectivity index (χ0) is 37.1. The highest BCUT2D eigenvalue weighted by atomic mass is 19.4. The first-order valence-electron chi connectivity index (χ1n) is 15.6. The summed E-state index contributed by atoms with van der Waals surface area (Å²) in [5, 5.41) is 0. The predicted octanol–water partition coefficient (Wildman–Crippen LogP) is 13.0. The Balaban J connectivity index is 1.35. The Bertz CT molecular complexity index is 2020. The Labute approximate surface area is 285 Å². The van der Waals surface area contributed by atoms with Crippen molar-refractivity contribution < 1.29 is 53.0 Å². The van der Waals surface area contributed by atoms with Crippen LogP contribution < -0.4 is 4.74 Å². The molecule has 0 saturated heterocycles. The van der Waals surface area contributed by atoms with Gasteiger partial charge in [0.05, 0.1) is 0 Å². The minimum atomic E-state index is -4.93. The van der Waals surface area contributed by atoms with Gasteiger partial charge in [-0.25, -0.2) is 26.3 Å². The molecule has 0 radical (unpaired) electrons. The standard InChI is InChI=1S/C39H27F11O/c1-2-3-4-5-22-6-8-23(9-7-22)24-10-12-28(31(40)16-24)25-11-13-29(32(41)17-25)26-18-35(44)37(36(45)19-26)39(49,50)51-27-20-33(42)30(34(43)21-27)14-15-38(46,47)48/h6-21H,2-5H2,1H3/b15-14+. The summed E-state index contributed by atoms with van der Waals surface area (Å²) in [5.74, 6) is -10.3. The van der Waals surface area contributed by atoms with E-state index in [1.54, 1.807) is 6.07 Å². The number of hydrogen-bond acceptors (Lipinski definition) is 1. The number of allylic oxidation sites excluding steroid dienone is 1. The van der Waals surface area contributed by atoms with E-state index in [9.17, 15) is 39.5 Å². The van der Waals surface area contributed by atoms with E-state index < -0.39 is 81.3 Å². The van der Waals surface area contributed by atoms with E-state index >= 15 is 8.78 Å². The molecule has 5 aromatic rings. The van der Waals surface area contributed by atoms with Crippen LogP contribution in [0.5, 0.6) is 5.75 Å². The molecule has 0 aliphatic carbocycles. The van der Waals surface area contributed by atoms with Gasteiger partial charge < -0.3 is 4.74 Å². The van der Waals surface area contributed by atoms with Crippen molar-refractivity contribution in [2.24, 2.45) is 0 Å². The van der Waals surface area contributed by atoms with Crippen molar-refractivity contribution in [3.8, 4) is 39.1 Å². The van der Waals surface area contributed by atoms with Crippen LogP contribution in [-0.4, -0.2) is 6.18 Å². The van der Waals surface area contributed by atoms with Crippen LogP contribution in [0, 0.1) is 34.9 Å². The van der Waals surface area contributed by atoms with Gasteiger partial charge >= 0.3 is 12.3 Å². The highest BCUT2D eigenvalue weighted by molar-refractivity contribution is 5.74. The third kappa shape index (κ3) is 8.79. The molecule has 0 spiro atoms. The number of hydrogen-bond donors (Lipinski definition) is 0. The number of aryl methyl sites for hydroxylation is 1. The molecular formula is C39H27F11O. The number of halogens is 11. The first kappa shape index (κ1) is 37.1. The van der Waals surface area contributed by atoms with Crippen molar-refractivity contribution in [1.29, 1.82) is 0 Å². The monoisotopic (exact) mass is 720 g/mol. The van der Waals surface area contributed by atoms with Crippen molar-refractivity contribution >= 4 is 6.08 Å². The number of benzene rings is 5. The highest BCUT2D eigenvalue weighted by Crippen LogP contribution is 2.39. The summed E-state index contributed by atoms with van der Waals surface area (Å²) in [5.41, 5.74) is -1.50. The van der Waals surface area contributed by atoms with E-state index in [-0.39, 0.29) is 29.3 Å². The number of ether oxygens (including phenoxy) is 1. The van der Waals surface area contributed by atoms with Crippen LogP contribution in [0.1, 0.15) is 42.9 Å². The molecule has 5 rings (SSSR count). The summed E-state index contributed by atoms with van der Waals surface area (Å²) in [6, 6.07) is 16.4. The fourth-order valence-electron chi connectivity index (χ4n) is 5.45. The Morgan fingerprint density at radius 2 is 1.06 bits per heavy atom. The third-order valence-corrected chi connectivity index (χ3v) is 7.99. The van der Waals surface area contributed by atoms with Gasteiger partial charge in [-0.2, -0.15) is 22.0 Å². The van der Waals surface area contributed by atoms with Crippen LogP contribution in [0.15, 0.2) is 91.0 Å². The van der Waals surface area contributed by atoms with Crippen LogP contribution in [0.2, 0.25) is 0 Å². The molecule has 0 bridgehead atoms. The lowest BCUT2D eigenvalue weighted by Crippen LogP contribution is -2.25. The van der Waals surface area contributed by atoms with Crippen LogP contribution >= 0.6 is 0 Å². The van der Waals surface area contributed by atoms with E-state index in [0.29, 0.717) is 17.7 Å². The second-order valence-electron chi connectivity index (χ2n) is 11.7. The minimum Gasteiger partial charge on any atom is -0.429 e. The van der Waals surface area contributed by atoms with Gasteiger partial charge in [-0.1, -0.05) is 68.3 Å². The van der Waals surface area contributed by atoms with Crippen molar-refractivity contribution in [2.75, 3.05) is 0 Å². The van der Waals surface area contributed by atoms with Crippen LogP contribution in [-0.2, 0) is 12.5 Å². The van der Waals surface area contributed by atoms with Crippen molar-refractivity contribution in [3.63, 3.8) is 0 Å². The lowest BCUT2D eigenvalue weighted by molar-refractivity contribution is -0.189. The maximum absolute atomic E-state index is 15.3. The molecule has 0 aromatic heterocycles. The fourth-order valence-corrected chi connectivity index (χ4v) is 5.45. The predicted molar refractivity (Wildman–Crippen MR) is 172 cm³/mol. The minimum absolute atomic E-state index is 0.0260. The molecule has 5 aromatic carbocycles. The average molecular weight is 721 g/mol. The van der Waals surface area contributed by atoms with Crippen molar-refractivity contribution in [3.05, 3.63) is 143 Å². The second-order valence-corrected chi connectivity index (χ2v) is 11.7. The van der Waals surface area contributed by atoms with E-state index in [1.807, 2.05) is 24.3 Å². The lowest BCUT2D eigenvalue weighted by atomic mass is 9.96. The van der Waals surface area contributed by atoms with Gasteiger partial charge in [-0.15, -0.1) is 0 Å². The maximum Gasteiger partial charge on any atom is 0.432 e. The SMILES string of the molecule is CCCCCc1ccc(-c2ccc(-c3ccc(-c4cc(F)c(C(F)(F)Oc5cc(F)c(/C=C/C(F)(F)F)c(F)c5)c(F)c4)c(F)c3)c(F)c2)cc1. The normalized spacial score (nSPS) is 12.2. The zero-order valence-electron chi connectivity index (χ0n) is 26.6. The molecule has 0 N–H and O–H groups in total. The molecular weight excluding hydrogens is 693 g/mol. The molecule has 0 fully saturated rings. The maximum atomic E-state index is 15.3. The van der Waals surface area contributed by atoms with E-state index in [4.69, 9.17) is 0 Å². The quantitative estimate of drug-likeness (QED) is 0.0975. The number of alkyl halides is 5. The van der Waals surface area contributed by atoms with Gasteiger partial charge in [0.15, 0.2) is 0 Å². The molecule has 0 atom stereocenters. The zero-order valence-corrected chi connectivity index (χ0v) is 26.6. The largest absolute Gasteiger partial charge is 0.432 e. The highest BCUT2D eigenvalue weighted by Gasteiger charge is 2.41. The second kappa shape index (κ2) is 15.0. The molecule has 1 nitrogen and oxygen atoms in total. The molecule has 0 heterocycles. The van der Waals surface area contributed by atoms with Crippen LogP contribution in [0.4, 0.5) is 48.3 Å². The van der Waals surface area contributed by atoms with E-state index in [0.717, 1.165) is 48.9 Å². The Hall–Kier alpha value is -5.13. The molecule has 12 heteroatoms. The summed E-state index contributed by atoms with van der Waals surface area (Å²) in [6.45, 7) is 2.12. The Morgan fingerprint density at radius 3 is 1.61 bits per heavy atom. The molecule has 0 unspecified atom stereocenters. The summed E-state index contributed by atoms with van der Waals surface area (Å²) >= 11 is 0. The number of unbranched alkanes of at least 4 members (excludes halogenated alkanes) is 2. The number of rotatable bonds is 11. The van der Waals surface area contributed by atoms with Crippen LogP contribution in [0.25, 0.3) is 39.5 Å². The Morgan fingerprint density at radius 1 is 0.549 bits per heavy atom. The molecule has 51 heavy (non-hydrogen) atoms. The summed E-state index contributed by atoms with van der Waals surface area (Å²) in [4.78, 5) is 0. The third-order valence-electron chi connectivity index (χ3n) is 7.99. The van der Waals surface area contributed by atoms with Gasteiger partial charge in [0.2, 0.25) is 0 Å². The summed E-state index contributed by atoms with van der Waals surface area (Å²) < 4.78 is 160. The van der Waals surface area contributed by atoms with Gasteiger partial charge in [0.25, 0.3) is 0 Å². The summed E-state index contributed by atoms with van der Waals surface area (Å²) in [7, 11) is 0. The van der Waals surface area contributed by atoms with Crippen molar-refractivity contribution in [2.45, 2.75) is 44.9 Å². The molecule has 0 saturated carbocycles. The first-order valence-corrected chi connectivity index (χ1v) is 15.6. The van der Waals surface area contributed by atoms with Crippen molar-refractivity contribution in [1.82, 2.24) is 0 Å². The van der Waals surface area contributed by atoms with E-state index in [1.165, 1.54) is 18.2 Å².